The molecule has 6 heteroatoms. The summed E-state index contributed by atoms with van der Waals surface area (Å²) in [5.41, 5.74) is 0. The minimum absolute atomic E-state index is 0.0274. The number of nitrogens with one attached hydrogen (secondary N) is 1. The molecule has 0 bridgehead atoms. The zero-order valence-corrected chi connectivity index (χ0v) is 13.8. The molecule has 1 aromatic rings. The topological polar surface area (TPSA) is 56.8 Å². The molecule has 23 heavy (non-hydrogen) atoms. The fraction of sp³-hybridized carbons (Fsp3) is 0.588. The highest BCUT2D eigenvalue weighted by Crippen LogP contribution is 2.37. The molecule has 2 fully saturated rings. The number of amides is 1. The molecule has 0 aromatic heterocycles. The molecule has 126 valence electrons. The van der Waals surface area contributed by atoms with Gasteiger partial charge in [-0.1, -0.05) is 18.0 Å². The lowest BCUT2D eigenvalue weighted by molar-refractivity contribution is -0.186. The normalized spacial score (nSPS) is 22.9. The van der Waals surface area contributed by atoms with Gasteiger partial charge in [-0.15, -0.1) is 0 Å². The van der Waals surface area contributed by atoms with Crippen LogP contribution in [-0.2, 0) is 14.3 Å². The van der Waals surface area contributed by atoms with Crippen LogP contribution in [0.1, 0.15) is 32.1 Å². The van der Waals surface area contributed by atoms with Crippen molar-refractivity contribution in [3.05, 3.63) is 29.3 Å². The van der Waals surface area contributed by atoms with Crippen LogP contribution in [0.25, 0.3) is 0 Å². The van der Waals surface area contributed by atoms with Crippen molar-refractivity contribution in [2.75, 3.05) is 19.8 Å². The molecule has 1 N–H and O–H groups in total. The summed E-state index contributed by atoms with van der Waals surface area (Å²) in [5, 5.41) is 3.47. The average Bonchev–Trinajstić information content (AvgIpc) is 2.95. The fourth-order valence-corrected chi connectivity index (χ4v) is 3.15. The van der Waals surface area contributed by atoms with Crippen LogP contribution in [0.3, 0.4) is 0 Å². The molecule has 1 saturated heterocycles. The number of rotatable bonds is 5. The Bertz CT molecular complexity index is 528. The van der Waals surface area contributed by atoms with E-state index in [0.29, 0.717) is 23.9 Å². The minimum atomic E-state index is -0.395. The Morgan fingerprint density at radius 2 is 2.00 bits per heavy atom. The average molecular weight is 340 g/mol. The molecule has 1 heterocycles. The lowest BCUT2D eigenvalue weighted by Gasteiger charge is -2.31. The van der Waals surface area contributed by atoms with E-state index >= 15 is 0 Å². The van der Waals surface area contributed by atoms with E-state index in [1.807, 2.05) is 0 Å². The smallest absolute Gasteiger partial charge is 0.258 e. The lowest BCUT2D eigenvalue weighted by Crippen LogP contribution is -2.38. The van der Waals surface area contributed by atoms with Crippen LogP contribution in [0.2, 0.25) is 5.02 Å². The summed E-state index contributed by atoms with van der Waals surface area (Å²) in [4.78, 5) is 11.8. The van der Waals surface area contributed by atoms with Crippen molar-refractivity contribution in [2.24, 2.45) is 0 Å². The number of carbonyl (C=O) groups excluding carboxylic acids is 1. The van der Waals surface area contributed by atoms with Gasteiger partial charge in [0.25, 0.3) is 5.91 Å². The highest BCUT2D eigenvalue weighted by molar-refractivity contribution is 6.30. The summed E-state index contributed by atoms with van der Waals surface area (Å²) in [6.45, 7) is 0.962. The Labute approximate surface area is 141 Å². The van der Waals surface area contributed by atoms with E-state index in [4.69, 9.17) is 25.8 Å². The molecule has 1 aliphatic carbocycles. The van der Waals surface area contributed by atoms with Crippen molar-refractivity contribution in [3.63, 3.8) is 0 Å². The zero-order chi connectivity index (χ0) is 16.1. The van der Waals surface area contributed by atoms with Crippen LogP contribution in [0.5, 0.6) is 5.75 Å². The Kier molecular flexibility index (Phi) is 5.41. The summed E-state index contributed by atoms with van der Waals surface area (Å²) in [5.74, 6) is 0.0484. The molecule has 1 aliphatic heterocycles. The van der Waals surface area contributed by atoms with Crippen LogP contribution in [0.4, 0.5) is 0 Å². The predicted molar refractivity (Wildman–Crippen MR) is 86.6 cm³/mol. The molecule has 1 spiro atoms. The van der Waals surface area contributed by atoms with Gasteiger partial charge in [-0.25, -0.2) is 0 Å². The number of hydrogen-bond donors (Lipinski definition) is 1. The highest BCUT2D eigenvalue weighted by Gasteiger charge is 2.42. The first kappa shape index (κ1) is 16.6. The highest BCUT2D eigenvalue weighted by atomic mass is 35.5. The first-order chi connectivity index (χ1) is 11.2. The van der Waals surface area contributed by atoms with Crippen molar-refractivity contribution in [2.45, 2.75) is 44.0 Å². The predicted octanol–water partition coefficient (Wildman–Crippen LogP) is 2.91. The molecule has 2 aliphatic rings. The molecular formula is C17H22ClNO4. The van der Waals surface area contributed by atoms with Gasteiger partial charge in [0.15, 0.2) is 12.4 Å². The summed E-state index contributed by atoms with van der Waals surface area (Å²) in [7, 11) is 0. The van der Waals surface area contributed by atoms with Crippen molar-refractivity contribution >= 4 is 17.5 Å². The molecule has 1 atom stereocenters. The van der Waals surface area contributed by atoms with Crippen LogP contribution in [0.15, 0.2) is 24.3 Å². The number of ether oxygens (including phenoxy) is 3. The van der Waals surface area contributed by atoms with Gasteiger partial charge in [0.1, 0.15) is 11.9 Å². The van der Waals surface area contributed by atoms with E-state index in [-0.39, 0.29) is 18.6 Å². The monoisotopic (exact) mass is 339 g/mol. The number of halogens is 1. The Hall–Kier alpha value is -1.30. The van der Waals surface area contributed by atoms with Crippen LogP contribution in [-0.4, -0.2) is 37.6 Å². The fourth-order valence-electron chi connectivity index (χ4n) is 3.03. The third-order valence-corrected chi connectivity index (χ3v) is 4.49. The molecule has 5 nitrogen and oxygen atoms in total. The van der Waals surface area contributed by atoms with E-state index in [2.05, 4.69) is 5.32 Å². The number of benzene rings is 1. The van der Waals surface area contributed by atoms with Crippen LogP contribution in [0, 0.1) is 0 Å². The van der Waals surface area contributed by atoms with Gasteiger partial charge in [0.05, 0.1) is 6.61 Å². The molecule has 1 aromatic carbocycles. The second kappa shape index (κ2) is 7.51. The van der Waals surface area contributed by atoms with E-state index in [1.54, 1.807) is 24.3 Å². The number of carbonyl (C=O) groups is 1. The first-order valence-corrected chi connectivity index (χ1v) is 8.50. The minimum Gasteiger partial charge on any atom is -0.484 e. The van der Waals surface area contributed by atoms with E-state index in [9.17, 15) is 4.79 Å². The van der Waals surface area contributed by atoms with Crippen LogP contribution >= 0.6 is 11.6 Å². The SMILES string of the molecule is O=C(COc1ccc(Cl)cc1)NC[C@H]1COC2(CCCCC2)O1. The van der Waals surface area contributed by atoms with Crippen molar-refractivity contribution < 1.29 is 19.0 Å². The largest absolute Gasteiger partial charge is 0.484 e. The summed E-state index contributed by atoms with van der Waals surface area (Å²) >= 11 is 5.80. The van der Waals surface area contributed by atoms with Crippen molar-refractivity contribution in [3.8, 4) is 5.75 Å². The van der Waals surface area contributed by atoms with Gasteiger partial charge >= 0.3 is 0 Å². The molecule has 0 radical (unpaired) electrons. The van der Waals surface area contributed by atoms with Crippen molar-refractivity contribution in [1.29, 1.82) is 0 Å². The van der Waals surface area contributed by atoms with Crippen molar-refractivity contribution in [1.82, 2.24) is 5.32 Å². The zero-order valence-electron chi connectivity index (χ0n) is 13.1. The molecule has 1 saturated carbocycles. The summed E-state index contributed by atoms with van der Waals surface area (Å²) in [6.07, 6.45) is 5.38. The standard InChI is InChI=1S/C17H22ClNO4/c18-13-4-6-14(7-5-13)21-12-16(20)19-10-15-11-22-17(23-15)8-2-1-3-9-17/h4-7,15H,1-3,8-12H2,(H,19,20)/t15-/m0/s1. The van der Waals surface area contributed by atoms with E-state index < -0.39 is 5.79 Å². The molecule has 0 unspecified atom stereocenters. The number of hydrogen-bond acceptors (Lipinski definition) is 4. The Balaban J connectivity index is 1.37. The maximum Gasteiger partial charge on any atom is 0.258 e. The Morgan fingerprint density at radius 1 is 1.26 bits per heavy atom. The van der Waals surface area contributed by atoms with E-state index in [1.165, 1.54) is 6.42 Å². The lowest BCUT2D eigenvalue weighted by atomic mass is 9.94. The molecular weight excluding hydrogens is 318 g/mol. The maximum absolute atomic E-state index is 11.8. The van der Waals surface area contributed by atoms with Crippen LogP contribution < -0.4 is 10.1 Å². The van der Waals surface area contributed by atoms with Gasteiger partial charge < -0.3 is 19.5 Å². The molecule has 3 rings (SSSR count). The van der Waals surface area contributed by atoms with Gasteiger partial charge in [-0.05, 0) is 37.1 Å². The second-order valence-corrected chi connectivity index (χ2v) is 6.51. The maximum atomic E-state index is 11.8. The summed E-state index contributed by atoms with van der Waals surface area (Å²) in [6, 6.07) is 6.91. The first-order valence-electron chi connectivity index (χ1n) is 8.12. The van der Waals surface area contributed by atoms with Gasteiger partial charge in [-0.3, -0.25) is 4.79 Å². The quantitative estimate of drug-likeness (QED) is 0.896. The third-order valence-electron chi connectivity index (χ3n) is 4.24. The summed E-state index contributed by atoms with van der Waals surface area (Å²) < 4.78 is 17.3. The van der Waals surface area contributed by atoms with Gasteiger partial charge in [0.2, 0.25) is 0 Å². The second-order valence-electron chi connectivity index (χ2n) is 6.07. The molecule has 1 amide bonds. The van der Waals surface area contributed by atoms with E-state index in [0.717, 1.165) is 25.7 Å². The Morgan fingerprint density at radius 3 is 2.74 bits per heavy atom. The van der Waals surface area contributed by atoms with Gasteiger partial charge in [0, 0.05) is 24.4 Å². The third kappa shape index (κ3) is 4.59. The van der Waals surface area contributed by atoms with Gasteiger partial charge in [-0.2, -0.15) is 0 Å².